The van der Waals surface area contributed by atoms with Gasteiger partial charge in [0.25, 0.3) is 0 Å². The topological polar surface area (TPSA) is 89.8 Å². The molecule has 0 heterocycles. The minimum Gasteiger partial charge on any atom is -0.394 e. The van der Waals surface area contributed by atoms with E-state index in [0.717, 1.165) is 38.5 Å². The van der Waals surface area contributed by atoms with Gasteiger partial charge in [-0.05, 0) is 64.2 Å². The van der Waals surface area contributed by atoms with Gasteiger partial charge in [0.1, 0.15) is 6.10 Å². The highest BCUT2D eigenvalue weighted by Crippen LogP contribution is 2.17. The van der Waals surface area contributed by atoms with Crippen molar-refractivity contribution in [2.45, 2.75) is 340 Å². The monoisotopic (exact) mass is 902 g/mol. The Morgan fingerprint density at radius 1 is 0.375 bits per heavy atom. The molecule has 0 aliphatic rings. The number of aliphatic hydroxyl groups excluding tert-OH is 3. The van der Waals surface area contributed by atoms with Crippen LogP contribution in [0.2, 0.25) is 0 Å². The molecule has 0 spiro atoms. The Morgan fingerprint density at radius 3 is 0.906 bits per heavy atom. The third-order valence-electron chi connectivity index (χ3n) is 13.8. The first-order valence-electron chi connectivity index (χ1n) is 29.1. The number of allylic oxidation sites excluding steroid dienone is 4. The molecule has 0 aromatic carbocycles. The smallest absolute Gasteiger partial charge is 0.220 e. The second-order valence-electron chi connectivity index (χ2n) is 20.2. The number of carbonyl (C=O) groups excluding carboxylic acids is 1. The van der Waals surface area contributed by atoms with Gasteiger partial charge in [-0.1, -0.05) is 276 Å². The molecule has 0 aromatic rings. The number of rotatable bonds is 54. The van der Waals surface area contributed by atoms with Crippen molar-refractivity contribution in [3.8, 4) is 0 Å². The van der Waals surface area contributed by atoms with E-state index in [1.807, 2.05) is 0 Å². The number of hydrogen-bond donors (Lipinski definition) is 4. The fourth-order valence-electron chi connectivity index (χ4n) is 9.28. The van der Waals surface area contributed by atoms with Crippen LogP contribution < -0.4 is 5.32 Å². The quantitative estimate of drug-likeness (QED) is 0.0362. The van der Waals surface area contributed by atoms with E-state index >= 15 is 0 Å². The maximum atomic E-state index is 12.5. The molecule has 0 aromatic heterocycles. The third kappa shape index (κ3) is 48.8. The molecule has 1 amide bonds. The first kappa shape index (κ1) is 62.8. The van der Waals surface area contributed by atoms with Gasteiger partial charge in [-0.3, -0.25) is 4.79 Å². The lowest BCUT2D eigenvalue weighted by atomic mass is 10.0. The van der Waals surface area contributed by atoms with E-state index in [9.17, 15) is 20.1 Å². The number of aliphatic hydroxyl groups is 3. The average Bonchev–Trinajstić information content (AvgIpc) is 3.30. The summed E-state index contributed by atoms with van der Waals surface area (Å²) in [6.45, 7) is 4.21. The molecule has 4 N–H and O–H groups in total. The average molecular weight is 903 g/mol. The van der Waals surface area contributed by atoms with Crippen molar-refractivity contribution >= 4 is 5.91 Å². The molecule has 0 radical (unpaired) electrons. The highest BCUT2D eigenvalue weighted by molar-refractivity contribution is 5.76. The van der Waals surface area contributed by atoms with E-state index < -0.39 is 18.2 Å². The predicted octanol–water partition coefficient (Wildman–Crippen LogP) is 18.1. The Morgan fingerprint density at radius 2 is 0.625 bits per heavy atom. The molecule has 64 heavy (non-hydrogen) atoms. The van der Waals surface area contributed by atoms with Crippen LogP contribution in [0.15, 0.2) is 24.3 Å². The summed E-state index contributed by atoms with van der Waals surface area (Å²) < 4.78 is 0. The van der Waals surface area contributed by atoms with Gasteiger partial charge in [0, 0.05) is 6.42 Å². The maximum Gasteiger partial charge on any atom is 0.220 e. The normalized spacial score (nSPS) is 13.4. The van der Waals surface area contributed by atoms with Gasteiger partial charge in [0.2, 0.25) is 5.91 Å². The zero-order valence-corrected chi connectivity index (χ0v) is 43.4. The number of hydrogen-bond acceptors (Lipinski definition) is 4. The third-order valence-corrected chi connectivity index (χ3v) is 13.8. The molecule has 5 heteroatoms. The first-order chi connectivity index (χ1) is 31.6. The summed E-state index contributed by atoms with van der Waals surface area (Å²) >= 11 is 0. The molecule has 3 unspecified atom stereocenters. The molecule has 0 saturated carbocycles. The second-order valence-corrected chi connectivity index (χ2v) is 20.2. The van der Waals surface area contributed by atoms with Crippen LogP contribution in [-0.2, 0) is 4.79 Å². The van der Waals surface area contributed by atoms with E-state index in [2.05, 4.69) is 43.5 Å². The first-order valence-corrected chi connectivity index (χ1v) is 29.1. The van der Waals surface area contributed by atoms with Crippen LogP contribution in [-0.4, -0.2) is 46.1 Å². The highest BCUT2D eigenvalue weighted by Gasteiger charge is 2.26. The SMILES string of the molecule is CCCCCCCCCCCCCC/C=C\CCCCCCCCCCCCCCC(=O)NC(CO)C(O)C(O)CCC/C=C/CCCCCCCCCCCCCCCCCCC. The lowest BCUT2D eigenvalue weighted by Crippen LogP contribution is -2.50. The summed E-state index contributed by atoms with van der Waals surface area (Å²) in [6.07, 6.45) is 69.1. The molecule has 0 rings (SSSR count). The van der Waals surface area contributed by atoms with Gasteiger partial charge < -0.3 is 20.6 Å². The zero-order valence-electron chi connectivity index (χ0n) is 43.4. The van der Waals surface area contributed by atoms with E-state index in [1.165, 1.54) is 257 Å². The number of unbranched alkanes of at least 4 members (excludes halogenated alkanes) is 42. The van der Waals surface area contributed by atoms with Gasteiger partial charge >= 0.3 is 0 Å². The van der Waals surface area contributed by atoms with E-state index in [0.29, 0.717) is 12.8 Å². The number of carbonyl (C=O) groups is 1. The van der Waals surface area contributed by atoms with Crippen LogP contribution in [0, 0.1) is 0 Å². The molecule has 0 aliphatic carbocycles. The van der Waals surface area contributed by atoms with Crippen LogP contribution in [0.4, 0.5) is 0 Å². The van der Waals surface area contributed by atoms with Crippen molar-refractivity contribution in [1.29, 1.82) is 0 Å². The van der Waals surface area contributed by atoms with Crippen molar-refractivity contribution in [3.63, 3.8) is 0 Å². The molecule has 380 valence electrons. The fraction of sp³-hybridized carbons (Fsp3) is 0.915. The second kappa shape index (κ2) is 54.4. The van der Waals surface area contributed by atoms with Crippen molar-refractivity contribution in [1.82, 2.24) is 5.32 Å². The summed E-state index contributed by atoms with van der Waals surface area (Å²) in [5.41, 5.74) is 0. The molecule has 3 atom stereocenters. The van der Waals surface area contributed by atoms with Gasteiger partial charge in [-0.2, -0.15) is 0 Å². The van der Waals surface area contributed by atoms with Crippen LogP contribution in [0.1, 0.15) is 322 Å². The van der Waals surface area contributed by atoms with Crippen molar-refractivity contribution in [3.05, 3.63) is 24.3 Å². The number of amides is 1. The molecule has 0 bridgehead atoms. The summed E-state index contributed by atoms with van der Waals surface area (Å²) in [5, 5.41) is 33.8. The predicted molar refractivity (Wildman–Crippen MR) is 282 cm³/mol. The Balaban J connectivity index is 3.54. The van der Waals surface area contributed by atoms with Crippen LogP contribution >= 0.6 is 0 Å². The van der Waals surface area contributed by atoms with E-state index in [1.54, 1.807) is 0 Å². The van der Waals surface area contributed by atoms with E-state index in [-0.39, 0.29) is 12.5 Å². The summed E-state index contributed by atoms with van der Waals surface area (Å²) in [5.74, 6) is -0.150. The Hall–Kier alpha value is -1.17. The lowest BCUT2D eigenvalue weighted by molar-refractivity contribution is -0.124. The zero-order chi connectivity index (χ0) is 46.5. The molecule has 0 aliphatic heterocycles. The fourth-order valence-corrected chi connectivity index (χ4v) is 9.28. The van der Waals surface area contributed by atoms with E-state index in [4.69, 9.17) is 0 Å². The van der Waals surface area contributed by atoms with Crippen molar-refractivity contribution in [2.24, 2.45) is 0 Å². The Labute approximate surface area is 401 Å². The number of nitrogens with one attached hydrogen (secondary N) is 1. The summed E-state index contributed by atoms with van der Waals surface area (Å²) in [7, 11) is 0. The summed E-state index contributed by atoms with van der Waals surface area (Å²) in [4.78, 5) is 12.5. The standard InChI is InChI=1S/C59H115NO4/c1-3-5-7-9-11-13-15-17-19-21-23-25-27-28-29-30-31-32-34-36-38-40-42-44-46-48-50-52-54-58(63)60-56(55-61)59(64)57(62)53-51-49-47-45-43-41-39-37-35-33-26-24-22-20-18-16-14-12-10-8-6-4-2/h28-29,45,47,56-57,59,61-62,64H,3-27,30-44,46,48-55H2,1-2H3,(H,60,63)/b29-28-,47-45+. The minimum absolute atomic E-state index is 0.150. The lowest BCUT2D eigenvalue weighted by Gasteiger charge is -2.26. The molecule has 0 fully saturated rings. The molecular weight excluding hydrogens is 787 g/mol. The van der Waals surface area contributed by atoms with Gasteiger partial charge in [-0.25, -0.2) is 0 Å². The van der Waals surface area contributed by atoms with Crippen LogP contribution in [0.5, 0.6) is 0 Å². The molecule has 0 saturated heterocycles. The van der Waals surface area contributed by atoms with Gasteiger partial charge in [0.15, 0.2) is 0 Å². The Kier molecular flexibility index (Phi) is 53.4. The van der Waals surface area contributed by atoms with Crippen LogP contribution in [0.3, 0.4) is 0 Å². The molecule has 5 nitrogen and oxygen atoms in total. The minimum atomic E-state index is -1.16. The highest BCUT2D eigenvalue weighted by atomic mass is 16.3. The Bertz CT molecular complexity index is 951. The molecular formula is C59H115NO4. The van der Waals surface area contributed by atoms with Gasteiger partial charge in [0.05, 0.1) is 18.8 Å². The largest absolute Gasteiger partial charge is 0.394 e. The summed E-state index contributed by atoms with van der Waals surface area (Å²) in [6, 6.07) is -0.826. The van der Waals surface area contributed by atoms with Crippen molar-refractivity contribution < 1.29 is 20.1 Å². The van der Waals surface area contributed by atoms with Crippen LogP contribution in [0.25, 0.3) is 0 Å². The van der Waals surface area contributed by atoms with Crippen molar-refractivity contribution in [2.75, 3.05) is 6.61 Å². The maximum absolute atomic E-state index is 12.5. The van der Waals surface area contributed by atoms with Gasteiger partial charge in [-0.15, -0.1) is 0 Å².